The Kier molecular flexibility index (Phi) is 5.66. The van der Waals surface area contributed by atoms with Gasteiger partial charge in [0.1, 0.15) is 11.5 Å². The summed E-state index contributed by atoms with van der Waals surface area (Å²) in [6.45, 7) is 2.61. The summed E-state index contributed by atoms with van der Waals surface area (Å²) in [5.74, 6) is -0.238. The Hall–Kier alpha value is -2.24. The summed E-state index contributed by atoms with van der Waals surface area (Å²) in [7, 11) is 1.47. The highest BCUT2D eigenvalue weighted by atomic mass is 16.5. The van der Waals surface area contributed by atoms with Gasteiger partial charge >= 0.3 is 0 Å². The molecule has 0 heterocycles. The third kappa shape index (κ3) is 4.50. The molecule has 0 atom stereocenters. The lowest BCUT2D eigenvalue weighted by atomic mass is 10.1. The molecule has 0 saturated heterocycles. The Bertz CT molecular complexity index is 460. The van der Waals surface area contributed by atoms with E-state index in [4.69, 9.17) is 4.74 Å². The zero-order valence-electron chi connectivity index (χ0n) is 11.0. The van der Waals surface area contributed by atoms with Gasteiger partial charge in [-0.15, -0.1) is 0 Å². The topological polar surface area (TPSA) is 87.7 Å². The van der Waals surface area contributed by atoms with Gasteiger partial charge in [-0.1, -0.05) is 0 Å². The molecule has 1 rings (SSSR count). The number of methoxy groups -OCH3 is 1. The molecule has 0 spiro atoms. The average molecular weight is 266 g/mol. The number of carbonyl (C=O) groups is 2. The van der Waals surface area contributed by atoms with Crippen molar-refractivity contribution < 1.29 is 19.4 Å². The van der Waals surface area contributed by atoms with Crippen molar-refractivity contribution in [2.24, 2.45) is 0 Å². The van der Waals surface area contributed by atoms with Crippen LogP contribution in [0.25, 0.3) is 0 Å². The van der Waals surface area contributed by atoms with E-state index in [2.05, 4.69) is 10.6 Å². The molecule has 0 unspecified atom stereocenters. The molecule has 6 heteroatoms. The van der Waals surface area contributed by atoms with E-state index in [1.807, 2.05) is 6.92 Å². The summed E-state index contributed by atoms with van der Waals surface area (Å²) in [6.07, 6.45) is 0.205. The zero-order chi connectivity index (χ0) is 14.3. The second-order valence-electron chi connectivity index (χ2n) is 3.84. The molecule has 2 amide bonds. The molecule has 3 N–H and O–H groups in total. The number of hydrogen-bond donors (Lipinski definition) is 3. The van der Waals surface area contributed by atoms with Crippen LogP contribution in [0.2, 0.25) is 0 Å². The van der Waals surface area contributed by atoms with E-state index in [1.54, 1.807) is 6.07 Å². The third-order valence-electron chi connectivity index (χ3n) is 2.46. The highest BCUT2D eigenvalue weighted by molar-refractivity contribution is 5.97. The van der Waals surface area contributed by atoms with Crippen LogP contribution in [0.15, 0.2) is 18.2 Å². The van der Waals surface area contributed by atoms with Gasteiger partial charge in [0.2, 0.25) is 5.91 Å². The fraction of sp³-hybridized carbons (Fsp3) is 0.385. The second kappa shape index (κ2) is 7.25. The van der Waals surface area contributed by atoms with Gasteiger partial charge in [0.25, 0.3) is 5.91 Å². The van der Waals surface area contributed by atoms with Crippen molar-refractivity contribution in [3.05, 3.63) is 23.8 Å². The van der Waals surface area contributed by atoms with E-state index >= 15 is 0 Å². The summed E-state index contributed by atoms with van der Waals surface area (Å²) < 4.78 is 4.92. The standard InChI is InChI=1S/C13H18N2O4/c1-3-14-12(17)6-7-15-13(18)10-5-4-9(19-2)8-11(10)16/h4-5,8,16H,3,6-7H2,1-2H3,(H,14,17)(H,15,18). The summed E-state index contributed by atoms with van der Waals surface area (Å²) in [6, 6.07) is 4.41. The first-order valence-corrected chi connectivity index (χ1v) is 6.00. The van der Waals surface area contributed by atoms with Crippen LogP contribution in [0.3, 0.4) is 0 Å². The molecular formula is C13H18N2O4. The molecule has 0 aliphatic rings. The number of aromatic hydroxyl groups is 1. The lowest BCUT2D eigenvalue weighted by Crippen LogP contribution is -2.30. The van der Waals surface area contributed by atoms with Gasteiger partial charge in [-0.2, -0.15) is 0 Å². The van der Waals surface area contributed by atoms with Crippen LogP contribution in [0.1, 0.15) is 23.7 Å². The molecule has 0 saturated carbocycles. The van der Waals surface area contributed by atoms with Crippen molar-refractivity contribution in [3.63, 3.8) is 0 Å². The molecule has 19 heavy (non-hydrogen) atoms. The molecule has 0 aromatic heterocycles. The van der Waals surface area contributed by atoms with E-state index < -0.39 is 5.91 Å². The Balaban J connectivity index is 2.52. The van der Waals surface area contributed by atoms with Crippen molar-refractivity contribution in [3.8, 4) is 11.5 Å². The number of rotatable bonds is 6. The lowest BCUT2D eigenvalue weighted by Gasteiger charge is -2.08. The fourth-order valence-electron chi connectivity index (χ4n) is 1.50. The number of phenolic OH excluding ortho intramolecular Hbond substituents is 1. The van der Waals surface area contributed by atoms with Gasteiger partial charge in [0.15, 0.2) is 0 Å². The molecule has 104 valence electrons. The summed E-state index contributed by atoms with van der Waals surface area (Å²) in [5.41, 5.74) is 0.150. The van der Waals surface area contributed by atoms with Crippen LogP contribution < -0.4 is 15.4 Å². The smallest absolute Gasteiger partial charge is 0.255 e. The molecular weight excluding hydrogens is 248 g/mol. The molecule has 0 bridgehead atoms. The molecule has 1 aromatic carbocycles. The normalized spacial score (nSPS) is 9.79. The van der Waals surface area contributed by atoms with Gasteiger partial charge < -0.3 is 20.5 Å². The molecule has 0 radical (unpaired) electrons. The zero-order valence-corrected chi connectivity index (χ0v) is 11.0. The Morgan fingerprint density at radius 3 is 2.63 bits per heavy atom. The number of phenols is 1. The summed E-state index contributed by atoms with van der Waals surface area (Å²) >= 11 is 0. The van der Waals surface area contributed by atoms with E-state index in [-0.39, 0.29) is 30.2 Å². The summed E-state index contributed by atoms with van der Waals surface area (Å²) in [5, 5.41) is 14.9. The van der Waals surface area contributed by atoms with Gasteiger partial charge in [-0.05, 0) is 19.1 Å². The van der Waals surface area contributed by atoms with Crippen LogP contribution in [0.5, 0.6) is 11.5 Å². The van der Waals surface area contributed by atoms with Gasteiger partial charge in [0, 0.05) is 25.6 Å². The van der Waals surface area contributed by atoms with Gasteiger partial charge in [0.05, 0.1) is 12.7 Å². The Labute approximate surface area is 111 Å². The molecule has 0 aliphatic carbocycles. The first-order chi connectivity index (χ1) is 9.08. The van der Waals surface area contributed by atoms with Crippen LogP contribution >= 0.6 is 0 Å². The lowest BCUT2D eigenvalue weighted by molar-refractivity contribution is -0.120. The van der Waals surface area contributed by atoms with Gasteiger partial charge in [-0.3, -0.25) is 9.59 Å². The quantitative estimate of drug-likeness (QED) is 0.705. The van der Waals surface area contributed by atoms with E-state index in [9.17, 15) is 14.7 Å². The number of carbonyl (C=O) groups excluding carboxylic acids is 2. The van der Waals surface area contributed by atoms with Crippen molar-refractivity contribution >= 4 is 11.8 Å². The first kappa shape index (κ1) is 14.8. The monoisotopic (exact) mass is 266 g/mol. The highest BCUT2D eigenvalue weighted by Gasteiger charge is 2.11. The first-order valence-electron chi connectivity index (χ1n) is 6.00. The van der Waals surface area contributed by atoms with Crippen LogP contribution in [0.4, 0.5) is 0 Å². The molecule has 0 fully saturated rings. The maximum Gasteiger partial charge on any atom is 0.255 e. The average Bonchev–Trinajstić information content (AvgIpc) is 2.38. The maximum atomic E-state index is 11.8. The van der Waals surface area contributed by atoms with Crippen molar-refractivity contribution in [2.45, 2.75) is 13.3 Å². The van der Waals surface area contributed by atoms with Gasteiger partial charge in [-0.25, -0.2) is 0 Å². The predicted octanol–water partition coefficient (Wildman–Crippen LogP) is 0.657. The maximum absolute atomic E-state index is 11.8. The Morgan fingerprint density at radius 1 is 1.32 bits per heavy atom. The Morgan fingerprint density at radius 2 is 2.05 bits per heavy atom. The minimum absolute atomic E-state index is 0.123. The number of benzene rings is 1. The predicted molar refractivity (Wildman–Crippen MR) is 70.3 cm³/mol. The molecule has 1 aromatic rings. The second-order valence-corrected chi connectivity index (χ2v) is 3.84. The molecule has 6 nitrogen and oxygen atoms in total. The fourth-order valence-corrected chi connectivity index (χ4v) is 1.50. The van der Waals surface area contributed by atoms with E-state index in [1.165, 1.54) is 19.2 Å². The minimum Gasteiger partial charge on any atom is -0.507 e. The van der Waals surface area contributed by atoms with Crippen LogP contribution in [-0.4, -0.2) is 37.1 Å². The summed E-state index contributed by atoms with van der Waals surface area (Å²) in [4.78, 5) is 22.9. The molecule has 0 aliphatic heterocycles. The van der Waals surface area contributed by atoms with Crippen molar-refractivity contribution in [1.29, 1.82) is 0 Å². The number of ether oxygens (including phenoxy) is 1. The van der Waals surface area contributed by atoms with E-state index in [0.717, 1.165) is 0 Å². The number of nitrogens with one attached hydrogen (secondary N) is 2. The number of amides is 2. The van der Waals surface area contributed by atoms with Crippen LogP contribution in [-0.2, 0) is 4.79 Å². The van der Waals surface area contributed by atoms with Crippen molar-refractivity contribution in [2.75, 3.05) is 20.2 Å². The SMILES string of the molecule is CCNC(=O)CCNC(=O)c1ccc(OC)cc1O. The van der Waals surface area contributed by atoms with Crippen molar-refractivity contribution in [1.82, 2.24) is 10.6 Å². The minimum atomic E-state index is -0.426. The highest BCUT2D eigenvalue weighted by Crippen LogP contribution is 2.23. The van der Waals surface area contributed by atoms with Crippen LogP contribution in [0, 0.1) is 0 Å². The largest absolute Gasteiger partial charge is 0.507 e. The number of hydrogen-bond acceptors (Lipinski definition) is 4. The van der Waals surface area contributed by atoms with E-state index in [0.29, 0.717) is 12.3 Å². The third-order valence-corrected chi connectivity index (χ3v) is 2.46.